The first kappa shape index (κ1) is 13.9. The molecular weight excluding hydrogens is 238 g/mol. The van der Waals surface area contributed by atoms with E-state index in [1.54, 1.807) is 0 Å². The average Bonchev–Trinajstić information content (AvgIpc) is 2.43. The van der Waals surface area contributed by atoms with E-state index in [0.29, 0.717) is 5.84 Å². The third kappa shape index (κ3) is 3.47. The second-order valence-electron chi connectivity index (χ2n) is 5.51. The van der Waals surface area contributed by atoms with Gasteiger partial charge in [-0.05, 0) is 50.9 Å². The van der Waals surface area contributed by atoms with Crippen molar-refractivity contribution in [2.75, 3.05) is 13.1 Å². The van der Waals surface area contributed by atoms with Crippen LogP contribution < -0.4 is 5.73 Å². The van der Waals surface area contributed by atoms with Crippen LogP contribution in [0.4, 0.5) is 0 Å². The number of rotatable bonds is 3. The number of hydrogen-bond donors (Lipinski definition) is 2. The first-order valence-corrected chi connectivity index (χ1v) is 6.86. The summed E-state index contributed by atoms with van der Waals surface area (Å²) in [5, 5.41) is 11.8. The van der Waals surface area contributed by atoms with Crippen LogP contribution in [0.3, 0.4) is 0 Å². The summed E-state index contributed by atoms with van der Waals surface area (Å²) in [6, 6.07) is 6.61. The maximum atomic E-state index is 8.70. The van der Waals surface area contributed by atoms with Gasteiger partial charge in [0.1, 0.15) is 5.84 Å². The molecule has 1 fully saturated rings. The summed E-state index contributed by atoms with van der Waals surface area (Å²) in [6.45, 7) is 7.31. The quantitative estimate of drug-likeness (QED) is 0.380. The summed E-state index contributed by atoms with van der Waals surface area (Å²) in [4.78, 5) is 2.45. The lowest BCUT2D eigenvalue weighted by Crippen LogP contribution is -2.38. The molecule has 0 radical (unpaired) electrons. The molecule has 1 aromatic rings. The van der Waals surface area contributed by atoms with E-state index in [2.05, 4.69) is 42.1 Å². The number of aryl methyl sites for hydroxylation is 2. The minimum Gasteiger partial charge on any atom is -0.409 e. The Morgan fingerprint density at radius 3 is 2.68 bits per heavy atom. The highest BCUT2D eigenvalue weighted by molar-refractivity contribution is 5.82. The van der Waals surface area contributed by atoms with Gasteiger partial charge in [0.2, 0.25) is 0 Å². The number of piperidine rings is 1. The minimum atomic E-state index is 0.236. The first-order valence-electron chi connectivity index (χ1n) is 6.86. The Hall–Kier alpha value is -1.55. The Kier molecular flexibility index (Phi) is 4.43. The van der Waals surface area contributed by atoms with Gasteiger partial charge in [0.05, 0.1) is 0 Å². The topological polar surface area (TPSA) is 61.8 Å². The molecule has 0 aliphatic carbocycles. The van der Waals surface area contributed by atoms with Crippen molar-refractivity contribution in [3.63, 3.8) is 0 Å². The van der Waals surface area contributed by atoms with Crippen LogP contribution in [0.5, 0.6) is 0 Å². The molecule has 4 heteroatoms. The summed E-state index contributed by atoms with van der Waals surface area (Å²) in [5.74, 6) is 0.617. The summed E-state index contributed by atoms with van der Waals surface area (Å²) in [7, 11) is 0. The Bertz CT molecular complexity index is 462. The molecule has 1 heterocycles. The van der Waals surface area contributed by atoms with E-state index in [0.717, 1.165) is 32.5 Å². The van der Waals surface area contributed by atoms with Gasteiger partial charge >= 0.3 is 0 Å². The molecule has 1 aromatic carbocycles. The first-order chi connectivity index (χ1) is 9.10. The molecule has 2 rings (SSSR count). The van der Waals surface area contributed by atoms with Crippen LogP contribution in [0, 0.1) is 19.8 Å². The summed E-state index contributed by atoms with van der Waals surface area (Å²) in [6.07, 6.45) is 1.95. The maximum Gasteiger partial charge on any atom is 0.142 e. The Morgan fingerprint density at radius 2 is 2.05 bits per heavy atom. The zero-order chi connectivity index (χ0) is 13.8. The highest BCUT2D eigenvalue weighted by Crippen LogP contribution is 2.20. The van der Waals surface area contributed by atoms with Gasteiger partial charge in [-0.15, -0.1) is 0 Å². The van der Waals surface area contributed by atoms with Crippen molar-refractivity contribution >= 4 is 5.84 Å². The maximum absolute atomic E-state index is 8.70. The third-order valence-corrected chi connectivity index (χ3v) is 4.02. The highest BCUT2D eigenvalue weighted by Gasteiger charge is 2.22. The molecular formula is C15H23N3O. The van der Waals surface area contributed by atoms with E-state index >= 15 is 0 Å². The van der Waals surface area contributed by atoms with Crippen molar-refractivity contribution in [2.45, 2.75) is 33.2 Å². The molecule has 0 aromatic heterocycles. The van der Waals surface area contributed by atoms with Crippen LogP contribution in [0.25, 0.3) is 0 Å². The normalized spacial score (nSPS) is 18.7. The lowest BCUT2D eigenvalue weighted by molar-refractivity contribution is 0.198. The molecule has 4 nitrogen and oxygen atoms in total. The van der Waals surface area contributed by atoms with Crippen molar-refractivity contribution in [2.24, 2.45) is 16.8 Å². The number of nitrogens with two attached hydrogens (primary N) is 1. The average molecular weight is 261 g/mol. The van der Waals surface area contributed by atoms with Gasteiger partial charge in [-0.25, -0.2) is 0 Å². The second kappa shape index (κ2) is 6.06. The fourth-order valence-electron chi connectivity index (χ4n) is 2.68. The SMILES string of the molecule is Cc1ccc(C)c(CN2CCC(C(N)=NO)CC2)c1. The lowest BCUT2D eigenvalue weighted by atomic mass is 9.95. The van der Waals surface area contributed by atoms with Gasteiger partial charge in [-0.1, -0.05) is 28.9 Å². The van der Waals surface area contributed by atoms with E-state index in [1.165, 1.54) is 16.7 Å². The van der Waals surface area contributed by atoms with Crippen LogP contribution in [-0.4, -0.2) is 29.0 Å². The third-order valence-electron chi connectivity index (χ3n) is 4.02. The predicted molar refractivity (Wildman–Crippen MR) is 77.3 cm³/mol. The molecule has 0 bridgehead atoms. The minimum absolute atomic E-state index is 0.236. The molecule has 0 atom stereocenters. The molecule has 0 unspecified atom stereocenters. The standard InChI is InChI=1S/C15H23N3O/c1-11-3-4-12(2)14(9-11)10-18-7-5-13(6-8-18)15(16)17-19/h3-4,9,13,19H,5-8,10H2,1-2H3,(H2,16,17). The molecule has 1 saturated heterocycles. The summed E-state index contributed by atoms with van der Waals surface area (Å²) < 4.78 is 0. The molecule has 1 aliphatic rings. The zero-order valence-electron chi connectivity index (χ0n) is 11.8. The van der Waals surface area contributed by atoms with E-state index in [1.807, 2.05) is 0 Å². The monoisotopic (exact) mass is 261 g/mol. The van der Waals surface area contributed by atoms with Crippen LogP contribution in [0.15, 0.2) is 23.4 Å². The summed E-state index contributed by atoms with van der Waals surface area (Å²) >= 11 is 0. The number of benzene rings is 1. The predicted octanol–water partition coefficient (Wildman–Crippen LogP) is 2.26. The Labute approximate surface area is 114 Å². The van der Waals surface area contributed by atoms with Gasteiger partial charge in [0.15, 0.2) is 0 Å². The van der Waals surface area contributed by atoms with Gasteiger partial charge in [-0.3, -0.25) is 4.90 Å². The van der Waals surface area contributed by atoms with Gasteiger partial charge in [0, 0.05) is 12.5 Å². The van der Waals surface area contributed by atoms with E-state index in [-0.39, 0.29) is 5.92 Å². The van der Waals surface area contributed by atoms with Crippen molar-refractivity contribution in [3.8, 4) is 0 Å². The molecule has 0 amide bonds. The number of oxime groups is 1. The van der Waals surface area contributed by atoms with E-state index in [4.69, 9.17) is 10.9 Å². The van der Waals surface area contributed by atoms with E-state index < -0.39 is 0 Å². The molecule has 0 saturated carbocycles. The van der Waals surface area contributed by atoms with Gasteiger partial charge in [0.25, 0.3) is 0 Å². The van der Waals surface area contributed by atoms with Gasteiger partial charge < -0.3 is 10.9 Å². The molecule has 0 spiro atoms. The fourth-order valence-corrected chi connectivity index (χ4v) is 2.68. The lowest BCUT2D eigenvalue weighted by Gasteiger charge is -2.31. The van der Waals surface area contributed by atoms with Crippen molar-refractivity contribution in [1.29, 1.82) is 0 Å². The van der Waals surface area contributed by atoms with Crippen molar-refractivity contribution in [3.05, 3.63) is 34.9 Å². The van der Waals surface area contributed by atoms with Crippen LogP contribution in [0.1, 0.15) is 29.5 Å². The molecule has 19 heavy (non-hydrogen) atoms. The zero-order valence-corrected chi connectivity index (χ0v) is 11.8. The number of amidine groups is 1. The number of nitrogens with zero attached hydrogens (tertiary/aromatic N) is 2. The van der Waals surface area contributed by atoms with Crippen LogP contribution in [-0.2, 0) is 6.54 Å². The Morgan fingerprint density at radius 1 is 1.37 bits per heavy atom. The van der Waals surface area contributed by atoms with Crippen molar-refractivity contribution < 1.29 is 5.21 Å². The largest absolute Gasteiger partial charge is 0.409 e. The summed E-state index contributed by atoms with van der Waals surface area (Å²) in [5.41, 5.74) is 9.74. The second-order valence-corrected chi connectivity index (χ2v) is 5.51. The molecule has 1 aliphatic heterocycles. The molecule has 104 valence electrons. The van der Waals surface area contributed by atoms with Crippen LogP contribution in [0.2, 0.25) is 0 Å². The van der Waals surface area contributed by atoms with Crippen molar-refractivity contribution in [1.82, 2.24) is 4.90 Å². The van der Waals surface area contributed by atoms with Gasteiger partial charge in [-0.2, -0.15) is 0 Å². The van der Waals surface area contributed by atoms with E-state index in [9.17, 15) is 0 Å². The fraction of sp³-hybridized carbons (Fsp3) is 0.533. The number of hydrogen-bond acceptors (Lipinski definition) is 3. The molecule has 3 N–H and O–H groups in total. The van der Waals surface area contributed by atoms with Crippen LogP contribution >= 0.6 is 0 Å². The number of likely N-dealkylation sites (tertiary alicyclic amines) is 1. The smallest absolute Gasteiger partial charge is 0.142 e. The highest BCUT2D eigenvalue weighted by atomic mass is 16.4. The Balaban J connectivity index is 1.94.